The van der Waals surface area contributed by atoms with Crippen molar-refractivity contribution in [2.24, 2.45) is 5.73 Å². The van der Waals surface area contributed by atoms with Gasteiger partial charge in [0.2, 0.25) is 0 Å². The lowest BCUT2D eigenvalue weighted by Gasteiger charge is -2.23. The van der Waals surface area contributed by atoms with Gasteiger partial charge < -0.3 is 10.8 Å². The highest BCUT2D eigenvalue weighted by Crippen LogP contribution is 2.31. The lowest BCUT2D eigenvalue weighted by atomic mass is 9.87. The molecule has 2 nitrogen and oxygen atoms in total. The van der Waals surface area contributed by atoms with Crippen LogP contribution in [0.4, 0.5) is 0 Å². The Morgan fingerprint density at radius 1 is 0.810 bits per heavy atom. The van der Waals surface area contributed by atoms with Crippen molar-refractivity contribution in [1.29, 1.82) is 0 Å². The monoisotopic (exact) mass is 283 g/mol. The molecule has 0 aromatic heterocycles. The second kappa shape index (κ2) is 6.42. The van der Waals surface area contributed by atoms with Gasteiger partial charge in [-0.15, -0.1) is 0 Å². The molecule has 2 unspecified atom stereocenters. The van der Waals surface area contributed by atoms with Crippen molar-refractivity contribution in [2.45, 2.75) is 39.7 Å². The van der Waals surface area contributed by atoms with E-state index in [1.54, 1.807) is 0 Å². The Hall–Kier alpha value is -1.64. The van der Waals surface area contributed by atoms with E-state index in [0.717, 1.165) is 11.1 Å². The second-order valence-corrected chi connectivity index (χ2v) is 5.97. The van der Waals surface area contributed by atoms with Gasteiger partial charge in [-0.3, -0.25) is 0 Å². The Bertz CT molecular complexity index is 633. The van der Waals surface area contributed by atoms with Gasteiger partial charge in [-0.2, -0.15) is 0 Å². The molecule has 3 N–H and O–H groups in total. The van der Waals surface area contributed by atoms with E-state index in [1.807, 2.05) is 6.07 Å². The molecule has 0 saturated heterocycles. The zero-order valence-corrected chi connectivity index (χ0v) is 13.4. The number of nitrogens with two attached hydrogens (primary N) is 1. The first kappa shape index (κ1) is 15.7. The summed E-state index contributed by atoms with van der Waals surface area (Å²) in [6.45, 7) is 8.76. The third kappa shape index (κ3) is 3.34. The minimum absolute atomic E-state index is 0.0774. The van der Waals surface area contributed by atoms with Crippen LogP contribution in [-0.4, -0.2) is 11.7 Å². The molecule has 112 valence electrons. The van der Waals surface area contributed by atoms with Crippen LogP contribution in [0.3, 0.4) is 0 Å². The van der Waals surface area contributed by atoms with Crippen molar-refractivity contribution in [2.75, 3.05) is 6.54 Å². The van der Waals surface area contributed by atoms with Crippen molar-refractivity contribution >= 4 is 0 Å². The number of aliphatic hydroxyl groups is 1. The Kier molecular flexibility index (Phi) is 4.81. The topological polar surface area (TPSA) is 46.2 Å². The van der Waals surface area contributed by atoms with E-state index in [4.69, 9.17) is 5.73 Å². The van der Waals surface area contributed by atoms with Crippen molar-refractivity contribution < 1.29 is 5.11 Å². The van der Waals surface area contributed by atoms with E-state index >= 15 is 0 Å². The lowest BCUT2D eigenvalue weighted by molar-refractivity contribution is 0.147. The highest BCUT2D eigenvalue weighted by Gasteiger charge is 2.22. The van der Waals surface area contributed by atoms with Crippen molar-refractivity contribution in [3.63, 3.8) is 0 Å². The number of hydrogen-bond donors (Lipinski definition) is 2. The molecular formula is C19H25NO. The summed E-state index contributed by atoms with van der Waals surface area (Å²) in [5.41, 5.74) is 12.9. The van der Waals surface area contributed by atoms with Crippen LogP contribution in [-0.2, 0) is 0 Å². The average Bonchev–Trinajstić information content (AvgIpc) is 2.46. The fourth-order valence-corrected chi connectivity index (χ4v) is 2.62. The van der Waals surface area contributed by atoms with Crippen LogP contribution in [0.2, 0.25) is 0 Å². The maximum atomic E-state index is 10.7. The normalized spacial score (nSPS) is 14.0. The fraction of sp³-hybridized carbons (Fsp3) is 0.368. The summed E-state index contributed by atoms with van der Waals surface area (Å²) in [5, 5.41) is 10.7. The van der Waals surface area contributed by atoms with Gasteiger partial charge in [0, 0.05) is 12.5 Å². The van der Waals surface area contributed by atoms with Gasteiger partial charge in [-0.25, -0.2) is 0 Å². The van der Waals surface area contributed by atoms with E-state index in [1.165, 1.54) is 22.3 Å². The molecule has 0 spiro atoms. The van der Waals surface area contributed by atoms with Crippen LogP contribution in [0.5, 0.6) is 0 Å². The van der Waals surface area contributed by atoms with E-state index in [2.05, 4.69) is 58.0 Å². The van der Waals surface area contributed by atoms with Crippen molar-refractivity contribution in [3.05, 3.63) is 69.8 Å². The average molecular weight is 283 g/mol. The number of aliphatic hydroxyl groups excluding tert-OH is 1. The molecule has 0 heterocycles. The third-order valence-electron chi connectivity index (χ3n) is 4.47. The summed E-state index contributed by atoms with van der Waals surface area (Å²) in [5.74, 6) is -0.0774. The van der Waals surface area contributed by atoms with Crippen molar-refractivity contribution in [3.8, 4) is 0 Å². The summed E-state index contributed by atoms with van der Waals surface area (Å²) in [6.07, 6.45) is -0.573. The molecule has 0 bridgehead atoms. The third-order valence-corrected chi connectivity index (χ3v) is 4.47. The molecule has 2 heteroatoms. The molecular weight excluding hydrogens is 258 g/mol. The first-order valence-electron chi connectivity index (χ1n) is 7.46. The molecule has 2 aromatic carbocycles. The van der Waals surface area contributed by atoms with E-state index < -0.39 is 6.10 Å². The number of rotatable bonds is 4. The number of hydrogen-bond acceptors (Lipinski definition) is 2. The molecule has 0 fully saturated rings. The predicted molar refractivity (Wildman–Crippen MR) is 88.6 cm³/mol. The fourth-order valence-electron chi connectivity index (χ4n) is 2.62. The SMILES string of the molecule is Cc1ccc(C(O)C(CN)c2ccc(C)c(C)c2)cc1C. The quantitative estimate of drug-likeness (QED) is 0.899. The molecule has 21 heavy (non-hydrogen) atoms. The largest absolute Gasteiger partial charge is 0.388 e. The molecule has 0 saturated carbocycles. The summed E-state index contributed by atoms with van der Waals surface area (Å²) >= 11 is 0. The second-order valence-electron chi connectivity index (χ2n) is 5.97. The molecule has 2 atom stereocenters. The van der Waals surface area contributed by atoms with Crippen LogP contribution >= 0.6 is 0 Å². The van der Waals surface area contributed by atoms with Gasteiger partial charge in [0.1, 0.15) is 0 Å². The summed E-state index contributed by atoms with van der Waals surface area (Å²) < 4.78 is 0. The first-order valence-corrected chi connectivity index (χ1v) is 7.46. The minimum Gasteiger partial charge on any atom is -0.388 e. The maximum absolute atomic E-state index is 10.7. The van der Waals surface area contributed by atoms with Gasteiger partial charge >= 0.3 is 0 Å². The van der Waals surface area contributed by atoms with Gasteiger partial charge in [-0.1, -0.05) is 36.4 Å². The molecule has 2 rings (SSSR count). The predicted octanol–water partition coefficient (Wildman–Crippen LogP) is 3.70. The Balaban J connectivity index is 2.35. The number of benzene rings is 2. The summed E-state index contributed by atoms with van der Waals surface area (Å²) in [6, 6.07) is 12.4. The zero-order valence-electron chi connectivity index (χ0n) is 13.4. The van der Waals surface area contributed by atoms with E-state index in [0.29, 0.717) is 6.54 Å². The molecule has 2 aromatic rings. The molecule has 0 aliphatic heterocycles. The van der Waals surface area contributed by atoms with Crippen LogP contribution in [0.1, 0.15) is 45.4 Å². The smallest absolute Gasteiger partial charge is 0.0870 e. The van der Waals surface area contributed by atoms with E-state index in [-0.39, 0.29) is 5.92 Å². The Labute approximate surface area is 127 Å². The molecule has 0 radical (unpaired) electrons. The first-order chi connectivity index (χ1) is 9.93. The van der Waals surface area contributed by atoms with Crippen LogP contribution in [0.25, 0.3) is 0 Å². The van der Waals surface area contributed by atoms with Crippen molar-refractivity contribution in [1.82, 2.24) is 0 Å². The molecule has 0 aliphatic rings. The standard InChI is InChI=1S/C19H25NO/c1-12-5-7-16(9-14(12)3)18(11-20)19(21)17-8-6-13(2)15(4)10-17/h5-10,18-19,21H,11,20H2,1-4H3. The van der Waals surface area contributed by atoms with E-state index in [9.17, 15) is 5.11 Å². The number of aryl methyl sites for hydroxylation is 4. The van der Waals surface area contributed by atoms with Crippen LogP contribution < -0.4 is 5.73 Å². The zero-order chi connectivity index (χ0) is 15.6. The van der Waals surface area contributed by atoms with Crippen LogP contribution in [0.15, 0.2) is 36.4 Å². The van der Waals surface area contributed by atoms with Gasteiger partial charge in [0.15, 0.2) is 0 Å². The van der Waals surface area contributed by atoms with Gasteiger partial charge in [0.25, 0.3) is 0 Å². The molecule has 0 aliphatic carbocycles. The Morgan fingerprint density at radius 3 is 1.76 bits per heavy atom. The van der Waals surface area contributed by atoms with Crippen LogP contribution in [0, 0.1) is 27.7 Å². The summed E-state index contributed by atoms with van der Waals surface area (Å²) in [7, 11) is 0. The summed E-state index contributed by atoms with van der Waals surface area (Å²) in [4.78, 5) is 0. The molecule has 0 amide bonds. The highest BCUT2D eigenvalue weighted by molar-refractivity contribution is 5.36. The Morgan fingerprint density at radius 2 is 1.29 bits per heavy atom. The minimum atomic E-state index is -0.573. The highest BCUT2D eigenvalue weighted by atomic mass is 16.3. The van der Waals surface area contributed by atoms with Gasteiger partial charge in [0.05, 0.1) is 6.10 Å². The van der Waals surface area contributed by atoms with Gasteiger partial charge in [-0.05, 0) is 61.1 Å². The lowest BCUT2D eigenvalue weighted by Crippen LogP contribution is -2.20. The maximum Gasteiger partial charge on any atom is 0.0870 e.